The number of carbonyl (C=O) groups is 1. The molecule has 0 saturated carbocycles. The molecule has 6 heteroatoms. The second-order valence-corrected chi connectivity index (χ2v) is 4.60. The number of nitrogens with zero attached hydrogens (tertiary/aromatic N) is 1. The van der Waals surface area contributed by atoms with Crippen LogP contribution in [0.3, 0.4) is 0 Å². The van der Waals surface area contributed by atoms with Crippen LogP contribution < -0.4 is 4.72 Å². The highest BCUT2D eigenvalue weighted by atomic mass is 32.2. The molecule has 1 rings (SSSR count). The third-order valence-electron chi connectivity index (χ3n) is 2.06. The Morgan fingerprint density at radius 3 is 2.54 bits per heavy atom. The lowest BCUT2D eigenvalue weighted by molar-refractivity contribution is -0.121. The zero-order valence-corrected chi connectivity index (χ0v) is 8.60. The first-order valence-electron chi connectivity index (χ1n) is 4.36. The van der Waals surface area contributed by atoms with Crippen LogP contribution in [0.5, 0.6) is 0 Å². The topological polar surface area (TPSA) is 66.5 Å². The van der Waals surface area contributed by atoms with Crippen LogP contribution in [0.4, 0.5) is 0 Å². The fourth-order valence-electron chi connectivity index (χ4n) is 1.49. The molecule has 0 bridgehead atoms. The molecule has 1 atom stereocenters. The van der Waals surface area contributed by atoms with Gasteiger partial charge in [0.15, 0.2) is 0 Å². The Bertz CT molecular complexity index is 299. The zero-order valence-electron chi connectivity index (χ0n) is 7.78. The van der Waals surface area contributed by atoms with Gasteiger partial charge in [-0.1, -0.05) is 20.3 Å². The van der Waals surface area contributed by atoms with Crippen molar-refractivity contribution in [2.45, 2.75) is 32.7 Å². The standard InChI is InChI=1S/C7H14N2O3S/c1-3-5-6-7(10)8-13(11,12)9(6)4-2/h6H,3-5H2,1-2H3,(H,8,10). The third kappa shape index (κ3) is 1.83. The van der Waals surface area contributed by atoms with Crippen LogP contribution in [0.1, 0.15) is 26.7 Å². The molecule has 1 amide bonds. The molecule has 1 unspecified atom stereocenters. The molecule has 1 saturated heterocycles. The molecule has 1 aliphatic rings. The predicted molar refractivity (Wildman–Crippen MR) is 48.1 cm³/mol. The van der Waals surface area contributed by atoms with Gasteiger partial charge in [-0.3, -0.25) is 4.79 Å². The number of carbonyl (C=O) groups excluding carboxylic acids is 1. The van der Waals surface area contributed by atoms with Gasteiger partial charge in [0.1, 0.15) is 6.04 Å². The second kappa shape index (κ2) is 3.63. The van der Waals surface area contributed by atoms with Gasteiger partial charge in [-0.2, -0.15) is 12.7 Å². The van der Waals surface area contributed by atoms with Gasteiger partial charge in [0, 0.05) is 6.54 Å². The molecule has 0 radical (unpaired) electrons. The van der Waals surface area contributed by atoms with Crippen LogP contribution >= 0.6 is 0 Å². The second-order valence-electron chi connectivity index (χ2n) is 2.98. The Morgan fingerprint density at radius 1 is 1.46 bits per heavy atom. The Balaban J connectivity index is 2.90. The summed E-state index contributed by atoms with van der Waals surface area (Å²) in [4.78, 5) is 11.2. The van der Waals surface area contributed by atoms with Crippen molar-refractivity contribution in [2.75, 3.05) is 6.54 Å². The summed E-state index contributed by atoms with van der Waals surface area (Å²) < 4.78 is 25.8. The average Bonchev–Trinajstić information content (AvgIpc) is 2.22. The van der Waals surface area contributed by atoms with Crippen LogP contribution in [0, 0.1) is 0 Å². The van der Waals surface area contributed by atoms with E-state index in [1.54, 1.807) is 6.92 Å². The zero-order chi connectivity index (χ0) is 10.1. The van der Waals surface area contributed by atoms with Crippen molar-refractivity contribution < 1.29 is 13.2 Å². The molecule has 0 spiro atoms. The van der Waals surface area contributed by atoms with Crippen molar-refractivity contribution in [3.63, 3.8) is 0 Å². The summed E-state index contributed by atoms with van der Waals surface area (Å²) in [6.07, 6.45) is 1.38. The van der Waals surface area contributed by atoms with Crippen LogP contribution in [0.2, 0.25) is 0 Å². The molecule has 13 heavy (non-hydrogen) atoms. The number of likely N-dealkylation sites (N-methyl/N-ethyl adjacent to an activating group) is 1. The average molecular weight is 206 g/mol. The molecule has 1 N–H and O–H groups in total. The molecular weight excluding hydrogens is 192 g/mol. The number of rotatable bonds is 3. The minimum Gasteiger partial charge on any atom is -0.272 e. The van der Waals surface area contributed by atoms with Gasteiger partial charge in [0.2, 0.25) is 0 Å². The van der Waals surface area contributed by atoms with Gasteiger partial charge >= 0.3 is 10.2 Å². The third-order valence-corrected chi connectivity index (χ3v) is 3.65. The van der Waals surface area contributed by atoms with Crippen molar-refractivity contribution in [1.82, 2.24) is 9.03 Å². The molecule has 0 aromatic rings. The highest BCUT2D eigenvalue weighted by Gasteiger charge is 2.41. The normalized spacial score (nSPS) is 27.5. The highest BCUT2D eigenvalue weighted by Crippen LogP contribution is 2.17. The maximum Gasteiger partial charge on any atom is 0.304 e. The van der Waals surface area contributed by atoms with Crippen molar-refractivity contribution in [3.8, 4) is 0 Å². The lowest BCUT2D eigenvalue weighted by Crippen LogP contribution is -2.35. The minimum atomic E-state index is -3.52. The van der Waals surface area contributed by atoms with E-state index in [1.807, 2.05) is 11.6 Å². The van der Waals surface area contributed by atoms with Crippen LogP contribution in [0.15, 0.2) is 0 Å². The summed E-state index contributed by atoms with van der Waals surface area (Å²) in [5.74, 6) is -0.399. The number of nitrogens with one attached hydrogen (secondary N) is 1. The quantitative estimate of drug-likeness (QED) is 0.698. The van der Waals surface area contributed by atoms with E-state index in [1.165, 1.54) is 4.31 Å². The summed E-state index contributed by atoms with van der Waals surface area (Å²) in [5.41, 5.74) is 0. The Kier molecular flexibility index (Phi) is 2.92. The summed E-state index contributed by atoms with van der Waals surface area (Å²) >= 11 is 0. The largest absolute Gasteiger partial charge is 0.304 e. The fraction of sp³-hybridized carbons (Fsp3) is 0.857. The van der Waals surface area contributed by atoms with Crippen molar-refractivity contribution >= 4 is 16.1 Å². The van der Waals surface area contributed by atoms with E-state index >= 15 is 0 Å². The van der Waals surface area contributed by atoms with E-state index in [2.05, 4.69) is 0 Å². The molecule has 0 aromatic carbocycles. The first kappa shape index (κ1) is 10.5. The minimum absolute atomic E-state index is 0.339. The van der Waals surface area contributed by atoms with E-state index in [-0.39, 0.29) is 0 Å². The monoisotopic (exact) mass is 206 g/mol. The van der Waals surface area contributed by atoms with E-state index in [9.17, 15) is 13.2 Å². The van der Waals surface area contributed by atoms with Gasteiger partial charge in [0.25, 0.3) is 5.91 Å². The predicted octanol–water partition coefficient (Wildman–Crippen LogP) is -0.148. The van der Waals surface area contributed by atoms with E-state index in [0.717, 1.165) is 6.42 Å². The van der Waals surface area contributed by atoms with Crippen molar-refractivity contribution in [1.29, 1.82) is 0 Å². The number of hydrogen-bond acceptors (Lipinski definition) is 3. The van der Waals surface area contributed by atoms with Crippen LogP contribution in [0.25, 0.3) is 0 Å². The lowest BCUT2D eigenvalue weighted by atomic mass is 10.1. The first-order valence-corrected chi connectivity index (χ1v) is 5.80. The van der Waals surface area contributed by atoms with Crippen molar-refractivity contribution in [3.05, 3.63) is 0 Å². The SMILES string of the molecule is CCCC1C(=O)NS(=O)(=O)N1CC. The maximum absolute atomic E-state index is 11.3. The summed E-state index contributed by atoms with van der Waals surface area (Å²) in [6, 6.07) is -0.500. The van der Waals surface area contributed by atoms with Gasteiger partial charge < -0.3 is 0 Å². The molecule has 0 aromatic heterocycles. The lowest BCUT2D eigenvalue weighted by Gasteiger charge is -2.16. The Hall–Kier alpha value is -0.620. The van der Waals surface area contributed by atoms with E-state index in [0.29, 0.717) is 13.0 Å². The smallest absolute Gasteiger partial charge is 0.272 e. The maximum atomic E-state index is 11.3. The number of hydrogen-bond donors (Lipinski definition) is 1. The van der Waals surface area contributed by atoms with Crippen LogP contribution in [-0.2, 0) is 15.0 Å². The van der Waals surface area contributed by atoms with E-state index < -0.39 is 22.2 Å². The van der Waals surface area contributed by atoms with Gasteiger partial charge in [-0.25, -0.2) is 4.72 Å². The molecule has 1 fully saturated rings. The summed E-state index contributed by atoms with van der Waals surface area (Å²) in [6.45, 7) is 3.98. The Labute approximate surface area is 78.3 Å². The molecule has 5 nitrogen and oxygen atoms in total. The molecule has 76 valence electrons. The molecule has 1 heterocycles. The fourth-order valence-corrected chi connectivity index (χ4v) is 2.87. The van der Waals surface area contributed by atoms with Crippen molar-refractivity contribution in [2.24, 2.45) is 0 Å². The van der Waals surface area contributed by atoms with Gasteiger partial charge in [0.05, 0.1) is 0 Å². The Morgan fingerprint density at radius 2 is 2.08 bits per heavy atom. The van der Waals surface area contributed by atoms with E-state index in [4.69, 9.17) is 0 Å². The van der Waals surface area contributed by atoms with Gasteiger partial charge in [-0.05, 0) is 6.42 Å². The molecule has 1 aliphatic heterocycles. The molecular formula is C7H14N2O3S. The van der Waals surface area contributed by atoms with Gasteiger partial charge in [-0.15, -0.1) is 0 Å². The highest BCUT2D eigenvalue weighted by molar-refractivity contribution is 7.88. The first-order chi connectivity index (χ1) is 6.03. The molecule has 0 aliphatic carbocycles. The summed E-state index contributed by atoms with van der Waals surface area (Å²) in [5, 5.41) is 0. The number of amides is 1. The summed E-state index contributed by atoms with van der Waals surface area (Å²) in [7, 11) is -3.52. The van der Waals surface area contributed by atoms with Crippen LogP contribution in [-0.4, -0.2) is 31.2 Å².